The summed E-state index contributed by atoms with van der Waals surface area (Å²) in [5, 5.41) is 13.0. The fraction of sp³-hybridized carbons (Fsp3) is 0.207. The third-order valence-electron chi connectivity index (χ3n) is 6.73. The van der Waals surface area contributed by atoms with Gasteiger partial charge in [0.2, 0.25) is 5.91 Å². The van der Waals surface area contributed by atoms with Gasteiger partial charge >= 0.3 is 0 Å². The number of nitrogens with zero attached hydrogens (tertiary/aromatic N) is 3. The Hall–Kier alpha value is -3.92. The van der Waals surface area contributed by atoms with E-state index in [-0.39, 0.29) is 18.0 Å². The summed E-state index contributed by atoms with van der Waals surface area (Å²) in [6.45, 7) is 1.06. The maximum Gasteiger partial charge on any atom is 0.238 e. The van der Waals surface area contributed by atoms with Gasteiger partial charge in [0.05, 0.1) is 35.7 Å². The molecule has 36 heavy (non-hydrogen) atoms. The zero-order valence-electron chi connectivity index (χ0n) is 19.7. The molecule has 4 aromatic rings. The molecule has 6 nitrogen and oxygen atoms in total. The molecule has 0 radical (unpaired) electrons. The van der Waals surface area contributed by atoms with Gasteiger partial charge in [-0.3, -0.25) is 9.69 Å². The molecule has 5 rings (SSSR count). The van der Waals surface area contributed by atoms with E-state index in [2.05, 4.69) is 38.4 Å². The minimum Gasteiger partial charge on any atom is -0.351 e. The third-order valence-corrected chi connectivity index (χ3v) is 6.97. The minimum absolute atomic E-state index is 0.0196. The predicted octanol–water partition coefficient (Wildman–Crippen LogP) is 4.96. The van der Waals surface area contributed by atoms with Crippen molar-refractivity contribution in [1.29, 1.82) is 5.26 Å². The summed E-state index contributed by atoms with van der Waals surface area (Å²) < 4.78 is 0. The smallest absolute Gasteiger partial charge is 0.238 e. The van der Waals surface area contributed by atoms with Gasteiger partial charge in [0.1, 0.15) is 0 Å². The zero-order valence-corrected chi connectivity index (χ0v) is 20.4. The Balaban J connectivity index is 1.45. The highest BCUT2D eigenvalue weighted by atomic mass is 35.5. The van der Waals surface area contributed by atoms with Gasteiger partial charge in [-0.2, -0.15) is 5.26 Å². The maximum atomic E-state index is 13.6. The van der Waals surface area contributed by atoms with Crippen LogP contribution < -0.4 is 5.32 Å². The molecule has 2 N–H and O–H groups in total. The first-order chi connectivity index (χ1) is 17.6. The molecule has 0 saturated carbocycles. The van der Waals surface area contributed by atoms with Crippen molar-refractivity contribution in [1.82, 2.24) is 20.2 Å². The fourth-order valence-corrected chi connectivity index (χ4v) is 5.07. The highest BCUT2D eigenvalue weighted by Gasteiger charge is 2.37. The monoisotopic (exact) mass is 495 g/mol. The normalized spacial score (nSPS) is 16.1. The number of carbonyl (C=O) groups excluding carboxylic acids is 1. The Labute approximate surface area is 215 Å². The van der Waals surface area contributed by atoms with Gasteiger partial charge in [-0.15, -0.1) is 0 Å². The van der Waals surface area contributed by atoms with Crippen molar-refractivity contribution in [3.8, 4) is 6.07 Å². The molecule has 0 fully saturated rings. The topological polar surface area (TPSA) is 84.8 Å². The summed E-state index contributed by atoms with van der Waals surface area (Å²) in [5.41, 5.74) is 6.04. The molecule has 1 aromatic heterocycles. The molecule has 1 aliphatic heterocycles. The summed E-state index contributed by atoms with van der Waals surface area (Å²) >= 11 is 6.13. The number of fused-ring (bicyclic) bond motifs is 1. The van der Waals surface area contributed by atoms with Crippen LogP contribution in [0.25, 0.3) is 0 Å². The van der Waals surface area contributed by atoms with E-state index < -0.39 is 0 Å². The van der Waals surface area contributed by atoms with Crippen LogP contribution in [0, 0.1) is 11.3 Å². The van der Waals surface area contributed by atoms with E-state index >= 15 is 0 Å². The highest BCUT2D eigenvalue weighted by molar-refractivity contribution is 6.30. The zero-order chi connectivity index (χ0) is 24.9. The van der Waals surface area contributed by atoms with E-state index in [9.17, 15) is 10.1 Å². The standard InChI is InChI=1S/C29H26ClN5O/c30-25-7-3-4-22(12-25)16-33-29(36)28-14-23-5-1-2-6-24(23)18-35(28)27(26-17-32-19-34-26)13-20-8-10-21(15-31)11-9-20/h1-12,17,19,27-28H,13-14,16,18H2,(H,32,34)(H,33,36)/t27?,28-/m0/s1. The molecule has 0 spiro atoms. The van der Waals surface area contributed by atoms with Crippen molar-refractivity contribution >= 4 is 17.5 Å². The van der Waals surface area contributed by atoms with E-state index in [1.807, 2.05) is 66.9 Å². The number of carbonyl (C=O) groups is 1. The lowest BCUT2D eigenvalue weighted by Crippen LogP contribution is -2.51. The molecule has 1 amide bonds. The van der Waals surface area contributed by atoms with Crippen molar-refractivity contribution in [3.05, 3.63) is 124 Å². The summed E-state index contributed by atoms with van der Waals surface area (Å²) in [6, 6.07) is 25.2. The minimum atomic E-state index is -0.356. The first kappa shape index (κ1) is 23.8. The molecule has 2 atom stereocenters. The molecule has 1 aliphatic rings. The lowest BCUT2D eigenvalue weighted by molar-refractivity contribution is -0.128. The summed E-state index contributed by atoms with van der Waals surface area (Å²) in [7, 11) is 0. The molecule has 180 valence electrons. The van der Waals surface area contributed by atoms with E-state index in [0.29, 0.717) is 36.5 Å². The van der Waals surface area contributed by atoms with Gasteiger partial charge in [0, 0.05) is 24.3 Å². The van der Waals surface area contributed by atoms with Gasteiger partial charge in [-0.05, 0) is 59.4 Å². The van der Waals surface area contributed by atoms with Crippen molar-refractivity contribution in [3.63, 3.8) is 0 Å². The number of aromatic amines is 1. The quantitative estimate of drug-likeness (QED) is 0.379. The molecule has 7 heteroatoms. The van der Waals surface area contributed by atoms with E-state index in [1.165, 1.54) is 11.1 Å². The number of H-pyrrole nitrogens is 1. The van der Waals surface area contributed by atoms with Crippen LogP contribution in [-0.2, 0) is 30.7 Å². The Bertz CT molecular complexity index is 1380. The first-order valence-electron chi connectivity index (χ1n) is 11.9. The molecule has 0 aliphatic carbocycles. The second-order valence-electron chi connectivity index (χ2n) is 9.04. The lowest BCUT2D eigenvalue weighted by Gasteiger charge is -2.41. The number of amides is 1. The fourth-order valence-electron chi connectivity index (χ4n) is 4.86. The number of rotatable bonds is 7. The van der Waals surface area contributed by atoms with Gasteiger partial charge in [-0.25, -0.2) is 4.98 Å². The second-order valence-corrected chi connectivity index (χ2v) is 9.48. The van der Waals surface area contributed by atoms with Crippen LogP contribution in [0.4, 0.5) is 0 Å². The highest BCUT2D eigenvalue weighted by Crippen LogP contribution is 2.33. The number of nitriles is 1. The average Bonchev–Trinajstić information content (AvgIpc) is 3.45. The predicted molar refractivity (Wildman–Crippen MR) is 139 cm³/mol. The number of imidazole rings is 1. The molecule has 0 saturated heterocycles. The van der Waals surface area contributed by atoms with Crippen molar-refractivity contribution in [2.24, 2.45) is 0 Å². The molecular weight excluding hydrogens is 470 g/mol. The van der Waals surface area contributed by atoms with Crippen molar-refractivity contribution in [2.75, 3.05) is 0 Å². The maximum absolute atomic E-state index is 13.6. The van der Waals surface area contributed by atoms with Crippen LogP contribution >= 0.6 is 11.6 Å². The molecule has 1 unspecified atom stereocenters. The van der Waals surface area contributed by atoms with Crippen molar-refractivity contribution < 1.29 is 4.79 Å². The Kier molecular flexibility index (Phi) is 7.13. The molecular formula is C29H26ClN5O. The van der Waals surface area contributed by atoms with Gasteiger partial charge in [0.15, 0.2) is 0 Å². The Morgan fingerprint density at radius 2 is 1.92 bits per heavy atom. The summed E-state index contributed by atoms with van der Waals surface area (Å²) in [6.07, 6.45) is 4.80. The third kappa shape index (κ3) is 5.33. The van der Waals surface area contributed by atoms with Crippen LogP contribution in [0.15, 0.2) is 85.3 Å². The van der Waals surface area contributed by atoms with Crippen LogP contribution in [0.2, 0.25) is 5.02 Å². The number of benzene rings is 3. The van der Waals surface area contributed by atoms with E-state index in [0.717, 1.165) is 16.8 Å². The number of nitrogens with one attached hydrogen (secondary N) is 2. The van der Waals surface area contributed by atoms with Crippen LogP contribution in [0.1, 0.15) is 39.6 Å². The van der Waals surface area contributed by atoms with Crippen LogP contribution in [0.5, 0.6) is 0 Å². The van der Waals surface area contributed by atoms with Crippen molar-refractivity contribution in [2.45, 2.75) is 38.0 Å². The van der Waals surface area contributed by atoms with Gasteiger partial charge in [-0.1, -0.05) is 60.1 Å². The summed E-state index contributed by atoms with van der Waals surface area (Å²) in [5.74, 6) is -0.0196. The SMILES string of the molecule is N#Cc1ccc(CC(c2cnc[nH]2)N2Cc3ccccc3C[C@H]2C(=O)NCc2cccc(Cl)c2)cc1. The van der Waals surface area contributed by atoms with Gasteiger partial charge in [0.25, 0.3) is 0 Å². The first-order valence-corrected chi connectivity index (χ1v) is 12.3. The van der Waals surface area contributed by atoms with E-state index in [4.69, 9.17) is 11.6 Å². The van der Waals surface area contributed by atoms with Crippen LogP contribution in [0.3, 0.4) is 0 Å². The molecule has 3 aromatic carbocycles. The molecule has 2 heterocycles. The largest absolute Gasteiger partial charge is 0.351 e. The Morgan fingerprint density at radius 1 is 1.11 bits per heavy atom. The Morgan fingerprint density at radius 3 is 2.64 bits per heavy atom. The number of hydrogen-bond donors (Lipinski definition) is 2. The second kappa shape index (κ2) is 10.8. The number of hydrogen-bond acceptors (Lipinski definition) is 4. The lowest BCUT2D eigenvalue weighted by atomic mass is 9.90. The van der Waals surface area contributed by atoms with E-state index in [1.54, 1.807) is 6.33 Å². The molecule has 0 bridgehead atoms. The number of aromatic nitrogens is 2. The number of halogens is 1. The van der Waals surface area contributed by atoms with Crippen LogP contribution in [-0.4, -0.2) is 26.8 Å². The average molecular weight is 496 g/mol. The summed E-state index contributed by atoms with van der Waals surface area (Å²) in [4.78, 5) is 23.4. The van der Waals surface area contributed by atoms with Gasteiger partial charge < -0.3 is 10.3 Å².